The summed E-state index contributed by atoms with van der Waals surface area (Å²) in [6.07, 6.45) is -0.623. The molecule has 0 unspecified atom stereocenters. The molecule has 0 radical (unpaired) electrons. The monoisotopic (exact) mass is 322 g/mol. The normalized spacial score (nSPS) is 12.0. The lowest BCUT2D eigenvalue weighted by Crippen LogP contribution is -2.11. The predicted octanol–water partition coefficient (Wildman–Crippen LogP) is 4.27. The van der Waals surface area contributed by atoms with Crippen LogP contribution in [0.5, 0.6) is 0 Å². The van der Waals surface area contributed by atoms with Crippen molar-refractivity contribution in [2.24, 2.45) is 0 Å². The first kappa shape index (κ1) is 15.9. The van der Waals surface area contributed by atoms with Crippen LogP contribution in [-0.4, -0.2) is 16.2 Å². The second-order valence-corrected chi connectivity index (χ2v) is 5.68. The van der Waals surface area contributed by atoms with Gasteiger partial charge in [-0.15, -0.1) is 10.2 Å². The third kappa shape index (κ3) is 3.35. The van der Waals surface area contributed by atoms with Gasteiger partial charge in [-0.1, -0.05) is 35.9 Å². The molecule has 0 amide bonds. The standard InChI is InChI=1S/C19H18N2O3/c1-12-9-10-13(2)16(11-12)19(22)23-14(3)17-20-21-18(24-17)15-7-5-4-6-8-15/h4-11,14H,1-3H3/t14-/m1/s1. The minimum absolute atomic E-state index is 0.271. The highest BCUT2D eigenvalue weighted by Gasteiger charge is 2.21. The van der Waals surface area contributed by atoms with Gasteiger partial charge in [0, 0.05) is 5.56 Å². The minimum Gasteiger partial charge on any atom is -0.449 e. The van der Waals surface area contributed by atoms with Crippen molar-refractivity contribution in [1.29, 1.82) is 0 Å². The minimum atomic E-state index is -0.623. The summed E-state index contributed by atoms with van der Waals surface area (Å²) < 4.78 is 11.1. The largest absolute Gasteiger partial charge is 0.449 e. The topological polar surface area (TPSA) is 65.2 Å². The molecule has 3 rings (SSSR count). The molecule has 0 saturated heterocycles. The second-order valence-electron chi connectivity index (χ2n) is 5.68. The maximum Gasteiger partial charge on any atom is 0.339 e. The zero-order valence-corrected chi connectivity index (χ0v) is 13.8. The molecule has 0 N–H and O–H groups in total. The van der Waals surface area contributed by atoms with E-state index in [1.807, 2.05) is 62.4 Å². The lowest BCUT2D eigenvalue weighted by molar-refractivity contribution is 0.0279. The fourth-order valence-corrected chi connectivity index (χ4v) is 2.33. The smallest absolute Gasteiger partial charge is 0.339 e. The van der Waals surface area contributed by atoms with Crippen molar-refractivity contribution < 1.29 is 13.9 Å². The maximum atomic E-state index is 12.4. The van der Waals surface area contributed by atoms with Crippen molar-refractivity contribution in [2.75, 3.05) is 0 Å². The first-order valence-corrected chi connectivity index (χ1v) is 7.71. The lowest BCUT2D eigenvalue weighted by Gasteiger charge is -2.11. The molecule has 24 heavy (non-hydrogen) atoms. The van der Waals surface area contributed by atoms with Gasteiger partial charge in [0.05, 0.1) is 5.56 Å². The number of esters is 1. The van der Waals surface area contributed by atoms with E-state index in [9.17, 15) is 4.79 Å². The SMILES string of the molecule is Cc1ccc(C)c(C(=O)O[C@H](C)c2nnc(-c3ccccc3)o2)c1. The third-order valence-corrected chi connectivity index (χ3v) is 3.71. The number of aromatic nitrogens is 2. The molecule has 0 bridgehead atoms. The number of carbonyl (C=O) groups excluding carboxylic acids is 1. The van der Waals surface area contributed by atoms with Crippen LogP contribution in [0.4, 0.5) is 0 Å². The average Bonchev–Trinajstić information content (AvgIpc) is 3.08. The Morgan fingerprint density at radius 2 is 1.83 bits per heavy atom. The van der Waals surface area contributed by atoms with E-state index in [1.165, 1.54) is 0 Å². The van der Waals surface area contributed by atoms with Gasteiger partial charge in [-0.3, -0.25) is 0 Å². The molecule has 3 aromatic rings. The number of aryl methyl sites for hydroxylation is 2. The van der Waals surface area contributed by atoms with Gasteiger partial charge in [-0.05, 0) is 44.5 Å². The van der Waals surface area contributed by atoms with Gasteiger partial charge in [0.15, 0.2) is 6.10 Å². The van der Waals surface area contributed by atoms with E-state index >= 15 is 0 Å². The highest BCUT2D eigenvalue weighted by atomic mass is 16.6. The van der Waals surface area contributed by atoms with Crippen molar-refractivity contribution in [1.82, 2.24) is 10.2 Å². The summed E-state index contributed by atoms with van der Waals surface area (Å²) in [5.41, 5.74) is 3.24. The molecule has 5 nitrogen and oxygen atoms in total. The Bertz CT molecular complexity index is 856. The van der Waals surface area contributed by atoms with Gasteiger partial charge in [0.25, 0.3) is 5.89 Å². The molecular formula is C19H18N2O3. The van der Waals surface area contributed by atoms with Gasteiger partial charge in [-0.25, -0.2) is 4.79 Å². The molecule has 0 aliphatic carbocycles. The molecular weight excluding hydrogens is 304 g/mol. The van der Waals surface area contributed by atoms with Crippen LogP contribution >= 0.6 is 0 Å². The molecule has 5 heteroatoms. The van der Waals surface area contributed by atoms with Crippen LogP contribution in [-0.2, 0) is 4.74 Å². The molecule has 0 aliphatic rings. The van der Waals surface area contributed by atoms with Crippen molar-refractivity contribution in [3.8, 4) is 11.5 Å². The molecule has 1 atom stereocenters. The molecule has 0 spiro atoms. The van der Waals surface area contributed by atoms with Gasteiger partial charge >= 0.3 is 5.97 Å². The molecule has 0 aliphatic heterocycles. The maximum absolute atomic E-state index is 12.4. The molecule has 2 aromatic carbocycles. The van der Waals surface area contributed by atoms with Crippen LogP contribution < -0.4 is 0 Å². The molecule has 0 saturated carbocycles. The van der Waals surface area contributed by atoms with Crippen molar-refractivity contribution >= 4 is 5.97 Å². The van der Waals surface area contributed by atoms with Crippen LogP contribution in [0.25, 0.3) is 11.5 Å². The molecule has 1 aromatic heterocycles. The van der Waals surface area contributed by atoms with Crippen molar-refractivity contribution in [3.63, 3.8) is 0 Å². The van der Waals surface area contributed by atoms with E-state index in [0.29, 0.717) is 11.5 Å². The van der Waals surface area contributed by atoms with E-state index in [4.69, 9.17) is 9.15 Å². The Balaban J connectivity index is 1.75. The van der Waals surface area contributed by atoms with E-state index in [-0.39, 0.29) is 5.89 Å². The van der Waals surface area contributed by atoms with E-state index in [2.05, 4.69) is 10.2 Å². The first-order chi connectivity index (χ1) is 11.5. The highest BCUT2D eigenvalue weighted by Crippen LogP contribution is 2.23. The Morgan fingerprint density at radius 1 is 1.08 bits per heavy atom. The Kier molecular flexibility index (Phi) is 4.42. The number of nitrogens with zero attached hydrogens (tertiary/aromatic N) is 2. The molecule has 1 heterocycles. The van der Waals surface area contributed by atoms with Crippen LogP contribution in [0.15, 0.2) is 52.9 Å². The quantitative estimate of drug-likeness (QED) is 0.671. The van der Waals surface area contributed by atoms with Gasteiger partial charge < -0.3 is 9.15 Å². The summed E-state index contributed by atoms with van der Waals surface area (Å²) >= 11 is 0. The number of rotatable bonds is 4. The van der Waals surface area contributed by atoms with Crippen LogP contribution in [0.2, 0.25) is 0 Å². The zero-order chi connectivity index (χ0) is 17.1. The summed E-state index contributed by atoms with van der Waals surface area (Å²) in [6, 6.07) is 15.1. The molecule has 0 fully saturated rings. The highest BCUT2D eigenvalue weighted by molar-refractivity contribution is 5.91. The van der Waals surface area contributed by atoms with Crippen LogP contribution in [0.3, 0.4) is 0 Å². The summed E-state index contributed by atoms with van der Waals surface area (Å²) in [5.74, 6) is 0.274. The zero-order valence-electron chi connectivity index (χ0n) is 13.8. The summed E-state index contributed by atoms with van der Waals surface area (Å²) in [5, 5.41) is 8.00. The van der Waals surface area contributed by atoms with Crippen LogP contribution in [0.1, 0.15) is 40.4 Å². The van der Waals surface area contributed by atoms with Crippen molar-refractivity contribution in [3.05, 3.63) is 71.1 Å². The van der Waals surface area contributed by atoms with E-state index in [0.717, 1.165) is 16.7 Å². The number of hydrogen-bond donors (Lipinski definition) is 0. The number of hydrogen-bond acceptors (Lipinski definition) is 5. The summed E-state index contributed by atoms with van der Waals surface area (Å²) in [6.45, 7) is 5.52. The number of benzene rings is 2. The Morgan fingerprint density at radius 3 is 2.58 bits per heavy atom. The Hall–Kier alpha value is -2.95. The number of carbonyl (C=O) groups is 1. The van der Waals surface area contributed by atoms with Gasteiger partial charge in [-0.2, -0.15) is 0 Å². The fourth-order valence-electron chi connectivity index (χ4n) is 2.33. The number of ether oxygens (including phenoxy) is 1. The summed E-state index contributed by atoms with van der Waals surface area (Å²) in [4.78, 5) is 12.4. The lowest BCUT2D eigenvalue weighted by atomic mass is 10.1. The van der Waals surface area contributed by atoms with Gasteiger partial charge in [0.2, 0.25) is 5.89 Å². The van der Waals surface area contributed by atoms with E-state index in [1.54, 1.807) is 6.92 Å². The average molecular weight is 322 g/mol. The first-order valence-electron chi connectivity index (χ1n) is 7.71. The van der Waals surface area contributed by atoms with E-state index < -0.39 is 12.1 Å². The molecule has 122 valence electrons. The van der Waals surface area contributed by atoms with Gasteiger partial charge in [0.1, 0.15) is 0 Å². The predicted molar refractivity (Wildman–Crippen MR) is 89.5 cm³/mol. The second kappa shape index (κ2) is 6.66. The van der Waals surface area contributed by atoms with Crippen molar-refractivity contribution in [2.45, 2.75) is 26.9 Å². The Labute approximate surface area is 140 Å². The summed E-state index contributed by atoms with van der Waals surface area (Å²) in [7, 11) is 0. The van der Waals surface area contributed by atoms with Crippen LogP contribution in [0, 0.1) is 13.8 Å². The fraction of sp³-hybridized carbons (Fsp3) is 0.211. The third-order valence-electron chi connectivity index (χ3n) is 3.71.